The van der Waals surface area contributed by atoms with Crippen molar-refractivity contribution in [2.75, 3.05) is 10.5 Å². The van der Waals surface area contributed by atoms with Gasteiger partial charge in [-0.15, -0.1) is 11.3 Å². The zero-order valence-corrected chi connectivity index (χ0v) is 19.7. The Morgan fingerprint density at radius 2 is 1.79 bits per heavy atom. The molecule has 2 heterocycles. The highest BCUT2D eigenvalue weighted by Gasteiger charge is 2.26. The number of nitrogen functional groups attached to an aromatic ring is 1. The maximum Gasteiger partial charge on any atom is 0.220 e. The molecule has 6 nitrogen and oxygen atoms in total. The molecule has 0 amide bonds. The Labute approximate surface area is 196 Å². The lowest BCUT2D eigenvalue weighted by atomic mass is 9.98. The van der Waals surface area contributed by atoms with E-state index in [0.717, 1.165) is 5.01 Å². The zero-order valence-electron chi connectivity index (χ0n) is 18.1. The van der Waals surface area contributed by atoms with Crippen LogP contribution in [0.1, 0.15) is 25.8 Å². The average molecular weight is 486 g/mol. The third-order valence-electron chi connectivity index (χ3n) is 4.67. The molecule has 170 valence electrons. The molecular formula is C23H21F2N5OS2. The van der Waals surface area contributed by atoms with Crippen molar-refractivity contribution in [3.63, 3.8) is 0 Å². The molecule has 0 fully saturated rings. The Morgan fingerprint density at radius 1 is 1.03 bits per heavy atom. The quantitative estimate of drug-likeness (QED) is 0.386. The van der Waals surface area contributed by atoms with Crippen LogP contribution in [-0.2, 0) is 16.4 Å². The Bertz CT molecular complexity index is 1350. The van der Waals surface area contributed by atoms with Gasteiger partial charge in [-0.3, -0.25) is 4.72 Å². The van der Waals surface area contributed by atoms with Crippen LogP contribution < -0.4 is 10.5 Å². The van der Waals surface area contributed by atoms with Crippen molar-refractivity contribution in [3.05, 3.63) is 71.4 Å². The summed E-state index contributed by atoms with van der Waals surface area (Å²) in [5.74, 6) is -1.20. The van der Waals surface area contributed by atoms with Crippen molar-refractivity contribution in [1.29, 1.82) is 0 Å². The molecule has 1 unspecified atom stereocenters. The zero-order chi connectivity index (χ0) is 23.8. The van der Waals surface area contributed by atoms with Crippen LogP contribution in [-0.4, -0.2) is 19.2 Å². The second-order valence-corrected chi connectivity index (χ2v) is 10.4. The smallest absolute Gasteiger partial charge is 0.220 e. The molecule has 3 N–H and O–H groups in total. The van der Waals surface area contributed by atoms with Crippen LogP contribution in [0, 0.1) is 11.6 Å². The second-order valence-electron chi connectivity index (χ2n) is 8.22. The van der Waals surface area contributed by atoms with Crippen molar-refractivity contribution in [3.8, 4) is 21.8 Å². The van der Waals surface area contributed by atoms with Gasteiger partial charge in [0.05, 0.1) is 31.9 Å². The Hall–Kier alpha value is -3.24. The summed E-state index contributed by atoms with van der Waals surface area (Å²) in [6.45, 7) is 6.04. The number of nitrogens with one attached hydrogen (secondary N) is 1. The lowest BCUT2D eigenvalue weighted by molar-refractivity contribution is 0.585. The maximum atomic E-state index is 15.6. The van der Waals surface area contributed by atoms with Crippen LogP contribution in [0.5, 0.6) is 0 Å². The van der Waals surface area contributed by atoms with E-state index in [1.54, 1.807) is 24.3 Å². The largest absolute Gasteiger partial charge is 0.368 e. The van der Waals surface area contributed by atoms with Gasteiger partial charge in [-0.1, -0.05) is 39.0 Å². The number of rotatable bonds is 5. The Morgan fingerprint density at radius 3 is 2.48 bits per heavy atom. The fraction of sp³-hybridized carbons (Fsp3) is 0.174. The molecule has 0 aliphatic heterocycles. The van der Waals surface area contributed by atoms with Crippen LogP contribution >= 0.6 is 11.3 Å². The number of nitrogens with zero attached hydrogens (tertiary/aromatic N) is 3. The number of anilines is 2. The standard InChI is InChI=1S/C23H21F2N5OS2/c1-23(2,3)21-29-19(20(32-21)16-11-12-27-22(26)28-16)13-7-6-9-15(18(13)25)30-33(31)17-10-5-4-8-14(17)24/h4-12,30H,1-3H3,(H2,26,27,28). The molecule has 4 aromatic rings. The Balaban J connectivity index is 1.81. The first-order valence-corrected chi connectivity index (χ1v) is 11.9. The van der Waals surface area contributed by atoms with Crippen LogP contribution in [0.4, 0.5) is 20.4 Å². The van der Waals surface area contributed by atoms with E-state index < -0.39 is 22.6 Å². The molecule has 10 heteroatoms. The van der Waals surface area contributed by atoms with Crippen molar-refractivity contribution >= 4 is 34.0 Å². The van der Waals surface area contributed by atoms with Gasteiger partial charge in [-0.25, -0.2) is 27.9 Å². The van der Waals surface area contributed by atoms with E-state index in [0.29, 0.717) is 16.3 Å². The summed E-state index contributed by atoms with van der Waals surface area (Å²) in [6, 6.07) is 12.0. The predicted molar refractivity (Wildman–Crippen MR) is 128 cm³/mol. The number of hydrogen-bond acceptors (Lipinski definition) is 6. The molecule has 0 saturated heterocycles. The van der Waals surface area contributed by atoms with Gasteiger partial charge in [0.1, 0.15) is 5.82 Å². The first kappa shape index (κ1) is 22.9. The molecule has 0 bridgehead atoms. The lowest BCUT2D eigenvalue weighted by Crippen LogP contribution is -2.10. The highest BCUT2D eigenvalue weighted by atomic mass is 32.2. The van der Waals surface area contributed by atoms with Gasteiger partial charge >= 0.3 is 0 Å². The van der Waals surface area contributed by atoms with Gasteiger partial charge in [-0.2, -0.15) is 0 Å². The van der Waals surface area contributed by atoms with Gasteiger partial charge in [-0.05, 0) is 30.3 Å². The van der Waals surface area contributed by atoms with Gasteiger partial charge < -0.3 is 5.73 Å². The average Bonchev–Trinajstić information content (AvgIpc) is 3.21. The maximum absolute atomic E-state index is 15.6. The summed E-state index contributed by atoms with van der Waals surface area (Å²) in [7, 11) is -1.99. The normalized spacial score (nSPS) is 12.5. The van der Waals surface area contributed by atoms with Gasteiger partial charge in [0.15, 0.2) is 16.8 Å². The van der Waals surface area contributed by atoms with E-state index >= 15 is 4.39 Å². The molecule has 0 spiro atoms. The molecule has 1 atom stereocenters. The summed E-state index contributed by atoms with van der Waals surface area (Å²) in [6.07, 6.45) is 1.53. The number of thiazole rings is 1. The molecule has 33 heavy (non-hydrogen) atoms. The topological polar surface area (TPSA) is 93.8 Å². The van der Waals surface area contributed by atoms with E-state index in [1.165, 1.54) is 41.8 Å². The minimum atomic E-state index is -1.99. The minimum Gasteiger partial charge on any atom is -0.368 e. The molecule has 0 saturated carbocycles. The fourth-order valence-corrected chi connectivity index (χ4v) is 5.06. The van der Waals surface area contributed by atoms with E-state index in [9.17, 15) is 8.60 Å². The van der Waals surface area contributed by atoms with Gasteiger partial charge in [0.25, 0.3) is 0 Å². The lowest BCUT2D eigenvalue weighted by Gasteiger charge is -2.13. The number of halogens is 2. The number of benzene rings is 2. The van der Waals surface area contributed by atoms with Crippen LogP contribution in [0.2, 0.25) is 0 Å². The molecule has 0 radical (unpaired) electrons. The summed E-state index contributed by atoms with van der Waals surface area (Å²) in [5, 5.41) is 0.789. The predicted octanol–water partition coefficient (Wildman–Crippen LogP) is 5.56. The van der Waals surface area contributed by atoms with Crippen molar-refractivity contribution < 1.29 is 13.0 Å². The number of hydrogen-bond donors (Lipinski definition) is 2. The summed E-state index contributed by atoms with van der Waals surface area (Å²) >= 11 is 1.40. The third-order valence-corrected chi connectivity index (χ3v) is 7.31. The molecule has 2 aromatic heterocycles. The van der Waals surface area contributed by atoms with Crippen LogP contribution in [0.3, 0.4) is 0 Å². The van der Waals surface area contributed by atoms with E-state index in [2.05, 4.69) is 14.7 Å². The third kappa shape index (κ3) is 4.76. The van der Waals surface area contributed by atoms with Crippen molar-refractivity contribution in [2.45, 2.75) is 31.1 Å². The molecule has 2 aromatic carbocycles. The Kier molecular flexibility index (Phi) is 6.22. The molecule has 0 aliphatic rings. The van der Waals surface area contributed by atoms with Crippen molar-refractivity contribution in [2.24, 2.45) is 0 Å². The number of nitrogens with two attached hydrogens (primary N) is 1. The fourth-order valence-electron chi connectivity index (χ4n) is 3.04. The van der Waals surface area contributed by atoms with Crippen LogP contribution in [0.15, 0.2) is 59.6 Å². The summed E-state index contributed by atoms with van der Waals surface area (Å²) in [4.78, 5) is 13.5. The van der Waals surface area contributed by atoms with E-state index in [4.69, 9.17) is 10.7 Å². The highest BCUT2D eigenvalue weighted by molar-refractivity contribution is 7.86. The van der Waals surface area contributed by atoms with Gasteiger partial charge in [0, 0.05) is 17.2 Å². The SMILES string of the molecule is CC(C)(C)c1nc(-c2cccc(NS(=O)c3ccccc3F)c2F)c(-c2ccnc(N)n2)s1. The molecule has 0 aliphatic carbocycles. The molecular weight excluding hydrogens is 464 g/mol. The van der Waals surface area contributed by atoms with Gasteiger partial charge in [0.2, 0.25) is 5.95 Å². The first-order chi connectivity index (χ1) is 15.6. The van der Waals surface area contributed by atoms with E-state index in [1.807, 2.05) is 20.8 Å². The van der Waals surface area contributed by atoms with E-state index in [-0.39, 0.29) is 27.5 Å². The van der Waals surface area contributed by atoms with Crippen LogP contribution in [0.25, 0.3) is 21.8 Å². The van der Waals surface area contributed by atoms with Crippen molar-refractivity contribution in [1.82, 2.24) is 15.0 Å². The minimum absolute atomic E-state index is 0.0347. The summed E-state index contributed by atoms with van der Waals surface area (Å²) in [5.41, 5.74) is 6.56. The second kappa shape index (κ2) is 8.95. The highest BCUT2D eigenvalue weighted by Crippen LogP contribution is 2.41. The summed E-state index contributed by atoms with van der Waals surface area (Å²) < 4.78 is 44.9. The number of aromatic nitrogens is 3. The molecule has 4 rings (SSSR count). The first-order valence-electron chi connectivity index (χ1n) is 9.97. The monoisotopic (exact) mass is 485 g/mol.